The molecule has 0 radical (unpaired) electrons. The number of nitrogens with zero attached hydrogens (tertiary/aromatic N) is 1. The summed E-state index contributed by atoms with van der Waals surface area (Å²) in [6.45, 7) is 5.67. The van der Waals surface area contributed by atoms with E-state index >= 15 is 0 Å². The second-order valence-corrected chi connectivity index (χ2v) is 13.7. The normalized spacial score (nSPS) is 13.2. The van der Waals surface area contributed by atoms with Gasteiger partial charge in [-0.05, 0) is 80.6 Å². The van der Waals surface area contributed by atoms with Gasteiger partial charge in [-0.25, -0.2) is 4.79 Å². The average molecular weight is 691 g/mol. The number of amides is 4. The van der Waals surface area contributed by atoms with Crippen LogP contribution in [0.1, 0.15) is 70.4 Å². The second-order valence-electron chi connectivity index (χ2n) is 13.3. The molecule has 0 spiro atoms. The molecule has 0 atom stereocenters. The minimum absolute atomic E-state index is 0.0634. The number of para-hydroxylation sites is 2. The maximum absolute atomic E-state index is 13.7. The van der Waals surface area contributed by atoms with Gasteiger partial charge in [0.25, 0.3) is 5.91 Å². The Labute approximate surface area is 293 Å². The molecule has 0 heterocycles. The van der Waals surface area contributed by atoms with Gasteiger partial charge in [-0.3, -0.25) is 14.4 Å². The van der Waals surface area contributed by atoms with Crippen molar-refractivity contribution in [1.82, 2.24) is 10.6 Å². The van der Waals surface area contributed by atoms with E-state index in [0.717, 1.165) is 24.8 Å². The molecule has 0 aromatic heterocycles. The zero-order valence-corrected chi connectivity index (χ0v) is 29.3. The first-order valence-electron chi connectivity index (χ1n) is 16.8. The summed E-state index contributed by atoms with van der Waals surface area (Å²) in [5.74, 6) is -0.0906. The van der Waals surface area contributed by atoms with Crippen molar-refractivity contribution >= 4 is 46.8 Å². The van der Waals surface area contributed by atoms with Gasteiger partial charge < -0.3 is 30.3 Å². The highest BCUT2D eigenvalue weighted by atomic mass is 35.5. The van der Waals surface area contributed by atoms with Gasteiger partial charge in [0, 0.05) is 23.8 Å². The zero-order chi connectivity index (χ0) is 35.2. The maximum Gasteiger partial charge on any atom is 0.319 e. The molecule has 4 rings (SSSR count). The van der Waals surface area contributed by atoms with Gasteiger partial charge in [0.05, 0.1) is 18.7 Å². The standard InChI is InChI=1S/C38H47ClN4O6/c1-38(2,3)49-36(46)23-28-13-10-16-31(22-28)42-37(47)41-25-35(45)43(20-19-27-11-5-4-6-12-27)32-17-7-8-18-33(32)48-26-34(44)40-24-29-14-9-15-30(39)21-29/h7-10,13-18,21-22,27H,4-6,11-12,19-20,23-26H2,1-3H3,(H,40,44)(H2,41,42,47). The summed E-state index contributed by atoms with van der Waals surface area (Å²) in [6.07, 6.45) is 6.73. The number of ether oxygens (including phenoxy) is 2. The number of benzene rings is 3. The highest BCUT2D eigenvalue weighted by Crippen LogP contribution is 2.31. The third-order valence-electron chi connectivity index (χ3n) is 8.03. The predicted octanol–water partition coefficient (Wildman–Crippen LogP) is 7.04. The number of halogens is 1. The van der Waals surface area contributed by atoms with E-state index in [1.165, 1.54) is 19.3 Å². The number of carbonyl (C=O) groups is 4. The Morgan fingerprint density at radius 2 is 1.61 bits per heavy atom. The van der Waals surface area contributed by atoms with Crippen LogP contribution in [0.15, 0.2) is 72.8 Å². The van der Waals surface area contributed by atoms with Crippen LogP contribution < -0.4 is 25.6 Å². The molecule has 11 heteroatoms. The van der Waals surface area contributed by atoms with Crippen molar-refractivity contribution in [2.75, 3.05) is 29.9 Å². The summed E-state index contributed by atoms with van der Waals surface area (Å²) in [5.41, 5.74) is 1.97. The molecule has 3 aromatic carbocycles. The molecule has 1 aliphatic rings. The van der Waals surface area contributed by atoms with Crippen LogP contribution in [0.4, 0.5) is 16.2 Å². The van der Waals surface area contributed by atoms with Crippen LogP contribution in [0.25, 0.3) is 0 Å². The fourth-order valence-corrected chi connectivity index (χ4v) is 5.95. The van der Waals surface area contributed by atoms with Crippen molar-refractivity contribution in [3.05, 3.63) is 88.9 Å². The van der Waals surface area contributed by atoms with Gasteiger partial charge in [0.15, 0.2) is 6.61 Å². The Kier molecular flexibility index (Phi) is 13.9. The molecule has 0 bridgehead atoms. The lowest BCUT2D eigenvalue weighted by Crippen LogP contribution is -2.42. The summed E-state index contributed by atoms with van der Waals surface area (Å²) in [4.78, 5) is 53.1. The molecule has 262 valence electrons. The minimum atomic E-state index is -0.594. The van der Waals surface area contributed by atoms with Crippen molar-refractivity contribution in [3.8, 4) is 5.75 Å². The number of hydrogen-bond donors (Lipinski definition) is 3. The van der Waals surface area contributed by atoms with Crippen molar-refractivity contribution in [1.29, 1.82) is 0 Å². The fraction of sp³-hybridized carbons (Fsp3) is 0.421. The Balaban J connectivity index is 1.38. The molecule has 10 nitrogen and oxygen atoms in total. The van der Waals surface area contributed by atoms with Crippen molar-refractivity contribution in [3.63, 3.8) is 0 Å². The predicted molar refractivity (Wildman–Crippen MR) is 192 cm³/mol. The van der Waals surface area contributed by atoms with Gasteiger partial charge in [0.2, 0.25) is 5.91 Å². The number of esters is 1. The molecule has 0 aliphatic heterocycles. The van der Waals surface area contributed by atoms with Crippen molar-refractivity contribution in [2.24, 2.45) is 5.92 Å². The van der Waals surface area contributed by atoms with Gasteiger partial charge in [-0.15, -0.1) is 0 Å². The Morgan fingerprint density at radius 3 is 2.37 bits per heavy atom. The molecule has 3 N–H and O–H groups in total. The topological polar surface area (TPSA) is 126 Å². The molecule has 0 saturated heterocycles. The number of rotatable bonds is 14. The second kappa shape index (κ2) is 18.3. The lowest BCUT2D eigenvalue weighted by atomic mass is 9.87. The van der Waals surface area contributed by atoms with Gasteiger partial charge >= 0.3 is 12.0 Å². The van der Waals surface area contributed by atoms with Crippen LogP contribution in [-0.4, -0.2) is 49.1 Å². The van der Waals surface area contributed by atoms with Gasteiger partial charge in [0.1, 0.15) is 11.4 Å². The SMILES string of the molecule is CC(C)(C)OC(=O)Cc1cccc(NC(=O)NCC(=O)N(CCC2CCCCC2)c2ccccc2OCC(=O)NCc2cccc(Cl)c2)c1. The minimum Gasteiger partial charge on any atom is -0.482 e. The third kappa shape index (κ3) is 13.1. The van der Waals surface area contributed by atoms with E-state index in [0.29, 0.717) is 46.7 Å². The highest BCUT2D eigenvalue weighted by Gasteiger charge is 2.23. The first kappa shape index (κ1) is 37.3. The van der Waals surface area contributed by atoms with Crippen LogP contribution in [-0.2, 0) is 32.1 Å². The van der Waals surface area contributed by atoms with E-state index < -0.39 is 11.6 Å². The maximum atomic E-state index is 13.7. The summed E-state index contributed by atoms with van der Waals surface area (Å²) in [6, 6.07) is 20.7. The monoisotopic (exact) mass is 690 g/mol. The van der Waals surface area contributed by atoms with E-state index in [2.05, 4.69) is 16.0 Å². The van der Waals surface area contributed by atoms with Crippen LogP contribution in [0.2, 0.25) is 5.02 Å². The fourth-order valence-electron chi connectivity index (χ4n) is 5.74. The molecular weight excluding hydrogens is 644 g/mol. The molecule has 1 fully saturated rings. The molecule has 0 unspecified atom stereocenters. The van der Waals surface area contributed by atoms with Crippen molar-refractivity contribution in [2.45, 2.75) is 77.9 Å². The Hall–Kier alpha value is -4.57. The number of urea groups is 1. The number of hydrogen-bond acceptors (Lipinski definition) is 6. The van der Waals surface area contributed by atoms with Crippen molar-refractivity contribution < 1.29 is 28.7 Å². The molecule has 4 amide bonds. The Morgan fingerprint density at radius 1 is 0.878 bits per heavy atom. The number of carbonyl (C=O) groups excluding carboxylic acids is 4. The summed E-state index contributed by atoms with van der Waals surface area (Å²) in [5, 5.41) is 8.83. The van der Waals surface area contributed by atoms with Gasteiger partial charge in [-0.1, -0.05) is 80.1 Å². The highest BCUT2D eigenvalue weighted by molar-refractivity contribution is 6.30. The lowest BCUT2D eigenvalue weighted by Gasteiger charge is -2.28. The van der Waals surface area contributed by atoms with Crippen LogP contribution >= 0.6 is 11.6 Å². The molecule has 3 aromatic rings. The lowest BCUT2D eigenvalue weighted by molar-refractivity contribution is -0.153. The molecular formula is C38H47ClN4O6. The van der Waals surface area contributed by atoms with E-state index in [1.807, 2.05) is 18.2 Å². The summed E-state index contributed by atoms with van der Waals surface area (Å²) >= 11 is 6.05. The van der Waals surface area contributed by atoms with E-state index in [-0.39, 0.29) is 37.4 Å². The summed E-state index contributed by atoms with van der Waals surface area (Å²) in [7, 11) is 0. The summed E-state index contributed by atoms with van der Waals surface area (Å²) < 4.78 is 11.3. The van der Waals surface area contributed by atoms with Gasteiger partial charge in [-0.2, -0.15) is 0 Å². The smallest absolute Gasteiger partial charge is 0.319 e. The average Bonchev–Trinajstić information content (AvgIpc) is 3.06. The van der Waals surface area contributed by atoms with E-state index in [9.17, 15) is 19.2 Å². The zero-order valence-electron chi connectivity index (χ0n) is 28.6. The quantitative estimate of drug-likeness (QED) is 0.156. The van der Waals surface area contributed by atoms with E-state index in [1.54, 1.807) is 80.3 Å². The molecule has 1 aliphatic carbocycles. The van der Waals surface area contributed by atoms with Crippen LogP contribution in [0, 0.1) is 5.92 Å². The van der Waals surface area contributed by atoms with Crippen LogP contribution in [0.3, 0.4) is 0 Å². The first-order valence-corrected chi connectivity index (χ1v) is 17.2. The number of nitrogens with one attached hydrogen (secondary N) is 3. The molecule has 49 heavy (non-hydrogen) atoms. The first-order chi connectivity index (χ1) is 23.4. The largest absolute Gasteiger partial charge is 0.482 e. The Bertz CT molecular complexity index is 1580. The van der Waals surface area contributed by atoms with E-state index in [4.69, 9.17) is 21.1 Å². The molecule has 1 saturated carbocycles. The number of anilines is 2. The third-order valence-corrected chi connectivity index (χ3v) is 8.27. The van der Waals surface area contributed by atoms with Crippen LogP contribution in [0.5, 0.6) is 5.75 Å².